The maximum Gasteiger partial charge on any atom is 0.331 e. The van der Waals surface area contributed by atoms with Gasteiger partial charge in [-0.05, 0) is 118 Å². The van der Waals surface area contributed by atoms with E-state index in [0.29, 0.717) is 69.5 Å². The second kappa shape index (κ2) is 23.6. The van der Waals surface area contributed by atoms with E-state index in [9.17, 15) is 34.3 Å². The summed E-state index contributed by atoms with van der Waals surface area (Å²) in [7, 11) is 3.83. The maximum atomic E-state index is 14.9. The molecule has 3 aromatic heterocycles. The van der Waals surface area contributed by atoms with E-state index in [1.807, 2.05) is 45.2 Å². The number of amides is 4. The molecule has 0 bridgehead atoms. The van der Waals surface area contributed by atoms with Crippen molar-refractivity contribution in [1.82, 2.24) is 49.6 Å². The van der Waals surface area contributed by atoms with Crippen molar-refractivity contribution in [3.8, 4) is 34.2 Å². The third kappa shape index (κ3) is 11.3. The first-order chi connectivity index (χ1) is 37.9. The SMILES string of the molecule is CCn1c(-c2cc(N3CCN(C)CC3)cnc2C(C)OC)c(CC(C)(C)COC=O)c2cc(-c3cc(O)cc(CC(NC(=O)C(C(C)C)N4CCC5(CCCN5C(=O)n5ccnc5C#N)C4=O)C(=O)N4CCCCN4)c3)ccc21. The summed E-state index contributed by atoms with van der Waals surface area (Å²) < 4.78 is 14.9. The normalized spacial score (nSPS) is 19.3. The van der Waals surface area contributed by atoms with E-state index in [0.717, 1.165) is 88.3 Å². The number of likely N-dealkylation sites (N-methyl/N-ethyl adjacent to an activating group) is 1. The molecular formula is C59H76N12O8. The Morgan fingerprint density at radius 3 is 2.46 bits per heavy atom. The van der Waals surface area contributed by atoms with Gasteiger partial charge in [0.15, 0.2) is 0 Å². The van der Waals surface area contributed by atoms with Crippen molar-refractivity contribution < 1.29 is 38.6 Å². The zero-order valence-corrected chi connectivity index (χ0v) is 47.0. The number of hydrogen-bond donors (Lipinski definition) is 3. The number of ether oxygens (including phenoxy) is 2. The molecule has 79 heavy (non-hydrogen) atoms. The fourth-order valence-corrected chi connectivity index (χ4v) is 12.4. The van der Waals surface area contributed by atoms with Gasteiger partial charge in [0.2, 0.25) is 17.6 Å². The van der Waals surface area contributed by atoms with Crippen molar-refractivity contribution in [2.75, 3.05) is 78.0 Å². The molecule has 420 valence electrons. The molecule has 1 spiro atoms. The number of aryl methyl sites for hydroxylation is 1. The Bertz CT molecular complexity index is 3130. The standard InChI is InChI=1S/C59H76N12O8/c1-9-67-49-14-13-41(31-45(49)47(33-58(5,6)36-79-37-72)53(67)46-32-43(35-62-51(46)39(4)78-8)66-25-23-65(7)24-26-66)42-27-40(28-44(73)30-42)29-48(55(75)71-20-11-10-17-63-71)64-54(74)52(38(2)3)69-21-16-59(56(69)76)15-12-19-70(59)57(77)68-22-18-61-50(68)34-60/h13-14,18,22,27-28,30-32,35,37-39,48,52,63,73H,9-12,15-17,19-21,23-26,29,33,36H2,1-8H3,(H,64,74). The van der Waals surface area contributed by atoms with Crippen LogP contribution in [0.5, 0.6) is 5.75 Å². The van der Waals surface area contributed by atoms with Gasteiger partial charge in [-0.25, -0.2) is 19.8 Å². The lowest BCUT2D eigenvalue weighted by atomic mass is 9.84. The van der Waals surface area contributed by atoms with Crippen LogP contribution in [0.3, 0.4) is 0 Å². The molecule has 0 radical (unpaired) electrons. The van der Waals surface area contributed by atoms with Gasteiger partial charge >= 0.3 is 6.03 Å². The number of aromatic nitrogens is 4. The predicted octanol–water partition coefficient (Wildman–Crippen LogP) is 6.28. The van der Waals surface area contributed by atoms with Crippen LogP contribution >= 0.6 is 0 Å². The van der Waals surface area contributed by atoms with E-state index in [-0.39, 0.29) is 55.0 Å². The molecule has 0 saturated carbocycles. The molecule has 0 aliphatic carbocycles. The van der Waals surface area contributed by atoms with Gasteiger partial charge in [0.25, 0.3) is 12.4 Å². The monoisotopic (exact) mass is 1080 g/mol. The third-order valence-electron chi connectivity index (χ3n) is 16.5. The van der Waals surface area contributed by atoms with Gasteiger partial charge in [0, 0.05) is 107 Å². The fourth-order valence-electron chi connectivity index (χ4n) is 12.4. The number of likely N-dealkylation sites (tertiary alicyclic amines) is 2. The van der Waals surface area contributed by atoms with E-state index < -0.39 is 35.0 Å². The number of methoxy groups -OCH3 is 1. The smallest absolute Gasteiger partial charge is 0.331 e. The van der Waals surface area contributed by atoms with Crippen LogP contribution in [0.4, 0.5) is 10.5 Å². The summed E-state index contributed by atoms with van der Waals surface area (Å²) in [6, 6.07) is 13.1. The highest BCUT2D eigenvalue weighted by Crippen LogP contribution is 2.44. The highest BCUT2D eigenvalue weighted by Gasteiger charge is 2.57. The van der Waals surface area contributed by atoms with Crippen LogP contribution < -0.4 is 15.6 Å². The van der Waals surface area contributed by atoms with Gasteiger partial charge in [-0.3, -0.25) is 29.2 Å². The van der Waals surface area contributed by atoms with Crippen LogP contribution in [0.25, 0.3) is 33.3 Å². The average Bonchev–Trinajstić information content (AvgIpc) is 4.34. The predicted molar refractivity (Wildman–Crippen MR) is 299 cm³/mol. The average molecular weight is 1080 g/mol. The molecule has 4 amide bonds. The van der Waals surface area contributed by atoms with E-state index in [1.165, 1.54) is 17.3 Å². The number of rotatable bonds is 18. The van der Waals surface area contributed by atoms with Crippen molar-refractivity contribution in [2.45, 2.75) is 117 Å². The fraction of sp³-hybridized carbons (Fsp3) is 0.525. The molecule has 5 aromatic rings. The number of piperazine rings is 1. The second-order valence-electron chi connectivity index (χ2n) is 22.8. The summed E-state index contributed by atoms with van der Waals surface area (Å²) >= 11 is 0. The van der Waals surface area contributed by atoms with Crippen LogP contribution in [-0.4, -0.2) is 165 Å². The van der Waals surface area contributed by atoms with Gasteiger partial charge in [0.05, 0.1) is 36.0 Å². The van der Waals surface area contributed by atoms with Crippen molar-refractivity contribution in [3.63, 3.8) is 0 Å². The second-order valence-corrected chi connectivity index (χ2v) is 22.8. The molecule has 4 fully saturated rings. The Labute approximate surface area is 462 Å². The van der Waals surface area contributed by atoms with Gasteiger partial charge < -0.3 is 44.1 Å². The Morgan fingerprint density at radius 1 is 0.975 bits per heavy atom. The lowest BCUT2D eigenvalue weighted by Crippen LogP contribution is -2.61. The van der Waals surface area contributed by atoms with E-state index in [4.69, 9.17) is 14.5 Å². The molecule has 7 heterocycles. The topological polar surface area (TPSA) is 224 Å². The molecule has 20 nitrogen and oxygen atoms in total. The number of phenols is 1. The summed E-state index contributed by atoms with van der Waals surface area (Å²) in [5, 5.41) is 26.8. The Balaban J connectivity index is 1.07. The number of carbonyl (C=O) groups is 5. The van der Waals surface area contributed by atoms with Crippen molar-refractivity contribution >= 4 is 46.8 Å². The van der Waals surface area contributed by atoms with Crippen molar-refractivity contribution in [3.05, 3.63) is 83.7 Å². The molecule has 4 aliphatic heterocycles. The molecule has 4 unspecified atom stereocenters. The molecule has 20 heteroatoms. The van der Waals surface area contributed by atoms with Gasteiger partial charge in [0.1, 0.15) is 29.4 Å². The number of hydrogen-bond acceptors (Lipinski definition) is 14. The van der Waals surface area contributed by atoms with Crippen LogP contribution in [-0.2, 0) is 48.0 Å². The Kier molecular flexibility index (Phi) is 16.8. The first-order valence-corrected chi connectivity index (χ1v) is 27.8. The summed E-state index contributed by atoms with van der Waals surface area (Å²) in [4.78, 5) is 86.7. The number of pyridine rings is 1. The quantitative estimate of drug-likeness (QED) is 0.0823. The molecule has 9 rings (SSSR count). The summed E-state index contributed by atoms with van der Waals surface area (Å²) in [5.74, 6) is -1.67. The summed E-state index contributed by atoms with van der Waals surface area (Å²) in [6.07, 6.45) is 7.90. The molecule has 3 N–H and O–H groups in total. The van der Waals surface area contributed by atoms with E-state index in [2.05, 4.69) is 76.1 Å². The van der Waals surface area contributed by atoms with Crippen LogP contribution in [0, 0.1) is 22.7 Å². The number of phenolic OH excluding ortho intramolecular Hbond substituents is 1. The Morgan fingerprint density at radius 2 is 1.76 bits per heavy atom. The number of nitrogens with one attached hydrogen (secondary N) is 2. The molecule has 4 saturated heterocycles. The lowest BCUT2D eigenvalue weighted by Gasteiger charge is -2.36. The van der Waals surface area contributed by atoms with E-state index in [1.54, 1.807) is 29.2 Å². The Hall–Kier alpha value is -7.34. The minimum absolute atomic E-state index is 0.0210. The molecular weight excluding hydrogens is 1000 g/mol. The molecule has 4 atom stereocenters. The first kappa shape index (κ1) is 56.4. The number of carbonyl (C=O) groups excluding carboxylic acids is 5. The van der Waals surface area contributed by atoms with E-state index >= 15 is 0 Å². The number of aromatic hydroxyl groups is 1. The zero-order chi connectivity index (χ0) is 56.3. The van der Waals surface area contributed by atoms with Crippen LogP contribution in [0.1, 0.15) is 102 Å². The van der Waals surface area contributed by atoms with Gasteiger partial charge in [-0.15, -0.1) is 0 Å². The van der Waals surface area contributed by atoms with Gasteiger partial charge in [-0.2, -0.15) is 5.26 Å². The molecule has 2 aromatic carbocycles. The minimum atomic E-state index is -1.20. The zero-order valence-electron chi connectivity index (χ0n) is 47.0. The highest BCUT2D eigenvalue weighted by molar-refractivity contribution is 5.99. The number of nitriles is 1. The van der Waals surface area contributed by atoms with Crippen LogP contribution in [0.2, 0.25) is 0 Å². The summed E-state index contributed by atoms with van der Waals surface area (Å²) in [5.41, 5.74) is 9.45. The largest absolute Gasteiger partial charge is 0.508 e. The van der Waals surface area contributed by atoms with Crippen molar-refractivity contribution in [2.24, 2.45) is 11.3 Å². The van der Waals surface area contributed by atoms with Crippen molar-refractivity contribution in [1.29, 1.82) is 5.26 Å². The number of benzene rings is 2. The molecule has 4 aliphatic rings. The third-order valence-corrected chi connectivity index (χ3v) is 16.5. The number of hydrazine groups is 1. The number of fused-ring (bicyclic) bond motifs is 1. The highest BCUT2D eigenvalue weighted by atomic mass is 16.5. The number of anilines is 1. The minimum Gasteiger partial charge on any atom is -0.508 e. The lowest BCUT2D eigenvalue weighted by molar-refractivity contribution is -0.146. The number of imidazole rings is 1. The van der Waals surface area contributed by atoms with Crippen LogP contribution in [0.15, 0.2) is 61.1 Å². The number of nitrogens with zero attached hydrogens (tertiary/aromatic N) is 10. The first-order valence-electron chi connectivity index (χ1n) is 27.8. The van der Waals surface area contributed by atoms with Gasteiger partial charge in [-0.1, -0.05) is 39.8 Å². The maximum absolute atomic E-state index is 14.9. The summed E-state index contributed by atoms with van der Waals surface area (Å²) in [6.45, 7) is 18.5.